The van der Waals surface area contributed by atoms with Crippen LogP contribution in [0.25, 0.3) is 11.1 Å². The van der Waals surface area contributed by atoms with E-state index in [0.717, 1.165) is 16.0 Å². The number of hydrogen-bond acceptors (Lipinski definition) is 3. The fraction of sp³-hybridized carbons (Fsp3) is 0.103. The lowest BCUT2D eigenvalue weighted by molar-refractivity contribution is -0.130. The molecule has 5 heteroatoms. The number of para-hydroxylation sites is 1. The summed E-state index contributed by atoms with van der Waals surface area (Å²) in [5.41, 5.74) is 1.16. The highest BCUT2D eigenvalue weighted by Crippen LogP contribution is 2.74. The molecule has 2 fully saturated rings. The van der Waals surface area contributed by atoms with Gasteiger partial charge in [0.2, 0.25) is 11.8 Å². The number of carbonyl (C=O) groups is 3. The number of carbonyl (C=O) groups excluding carboxylic acids is 3. The number of fused-ring (bicyclic) bond motifs is 5. The van der Waals surface area contributed by atoms with Gasteiger partial charge in [-0.1, -0.05) is 133 Å². The summed E-state index contributed by atoms with van der Waals surface area (Å²) >= 11 is 0. The van der Waals surface area contributed by atoms with Crippen LogP contribution in [-0.4, -0.2) is 17.6 Å². The van der Waals surface area contributed by atoms with E-state index in [1.165, 1.54) is 18.2 Å². The van der Waals surface area contributed by atoms with E-state index < -0.39 is 40.3 Å². The molecule has 5 aromatic rings. The number of benzene rings is 5. The Hall–Kier alpha value is -5.42. The number of hydrogen-bond donors (Lipinski definition) is 0. The van der Waals surface area contributed by atoms with Crippen molar-refractivity contribution in [2.24, 2.45) is 11.8 Å². The summed E-state index contributed by atoms with van der Waals surface area (Å²) in [4.78, 5) is 46.4. The lowest BCUT2D eigenvalue weighted by Gasteiger charge is -2.39. The van der Waals surface area contributed by atoms with E-state index >= 15 is 9.18 Å². The molecule has 212 valence electrons. The third kappa shape index (κ3) is 3.13. The van der Waals surface area contributed by atoms with Crippen molar-refractivity contribution in [2.45, 2.75) is 10.8 Å². The van der Waals surface area contributed by atoms with Gasteiger partial charge >= 0.3 is 0 Å². The Morgan fingerprint density at radius 1 is 0.477 bits per heavy atom. The molecule has 0 aromatic heterocycles. The molecule has 0 N–H and O–H groups in total. The van der Waals surface area contributed by atoms with E-state index in [2.05, 4.69) is 0 Å². The average molecular weight is 576 g/mol. The number of imide groups is 1. The topological polar surface area (TPSA) is 54.5 Å². The van der Waals surface area contributed by atoms with Crippen LogP contribution in [0.2, 0.25) is 0 Å². The summed E-state index contributed by atoms with van der Waals surface area (Å²) in [5, 5.41) is 0. The van der Waals surface area contributed by atoms with Gasteiger partial charge in [0, 0.05) is 0 Å². The Balaban J connectivity index is 1.57. The number of nitrogens with zero attached hydrogens (tertiary/aromatic N) is 1. The Kier molecular flexibility index (Phi) is 5.69. The Bertz CT molecular complexity index is 1870. The first-order valence-corrected chi connectivity index (χ1v) is 14.7. The van der Waals surface area contributed by atoms with Crippen molar-refractivity contribution in [3.63, 3.8) is 0 Å². The van der Waals surface area contributed by atoms with Crippen LogP contribution in [0.3, 0.4) is 0 Å². The summed E-state index contributed by atoms with van der Waals surface area (Å²) in [6, 6.07) is 43.8. The molecule has 5 aromatic carbocycles. The molecule has 1 saturated heterocycles. The molecule has 8 rings (SSSR count). The zero-order valence-corrected chi connectivity index (χ0v) is 23.6. The minimum Gasteiger partial charge on any atom is -0.297 e. The van der Waals surface area contributed by atoms with Crippen LogP contribution in [0, 0.1) is 17.7 Å². The third-order valence-electron chi connectivity index (χ3n) is 9.67. The van der Waals surface area contributed by atoms with Crippen LogP contribution < -0.4 is 4.90 Å². The van der Waals surface area contributed by atoms with Gasteiger partial charge in [0.05, 0.1) is 28.4 Å². The zero-order valence-electron chi connectivity index (χ0n) is 23.6. The van der Waals surface area contributed by atoms with Gasteiger partial charge in [-0.3, -0.25) is 14.4 Å². The van der Waals surface area contributed by atoms with Crippen molar-refractivity contribution in [2.75, 3.05) is 4.90 Å². The molecule has 4 atom stereocenters. The number of ketones is 1. The van der Waals surface area contributed by atoms with Gasteiger partial charge in [-0.2, -0.15) is 0 Å². The summed E-state index contributed by atoms with van der Waals surface area (Å²) in [6.07, 6.45) is 0. The van der Waals surface area contributed by atoms with Crippen molar-refractivity contribution in [1.82, 2.24) is 0 Å². The summed E-state index contributed by atoms with van der Waals surface area (Å²) in [6.45, 7) is 0. The van der Waals surface area contributed by atoms with E-state index in [-0.39, 0.29) is 11.5 Å². The fourth-order valence-corrected chi connectivity index (χ4v) is 8.20. The molecule has 2 aliphatic carbocycles. The number of allylic oxidation sites excluding steroid dienone is 2. The highest BCUT2D eigenvalue weighted by molar-refractivity contribution is 6.39. The summed E-state index contributed by atoms with van der Waals surface area (Å²) in [7, 11) is 0. The van der Waals surface area contributed by atoms with Crippen molar-refractivity contribution in [3.8, 4) is 0 Å². The van der Waals surface area contributed by atoms with Crippen molar-refractivity contribution in [1.29, 1.82) is 0 Å². The molecule has 44 heavy (non-hydrogen) atoms. The number of amides is 2. The highest BCUT2D eigenvalue weighted by Gasteiger charge is 2.82. The minimum absolute atomic E-state index is 0.0994. The SMILES string of the molecule is O=C1[C@@H]2[C@H](C(=O)N1c1ccccc1F)[C@@]1(c3ccccc3)C(=O)[C@@]2(c2ccccc2)C(c2ccccc2)=C1c1ccccc1. The average Bonchev–Trinajstić information content (AvgIpc) is 3.59. The lowest BCUT2D eigenvalue weighted by atomic mass is 9.59. The maximum Gasteiger partial charge on any atom is 0.239 e. The molecule has 2 amide bonds. The lowest BCUT2D eigenvalue weighted by Crippen LogP contribution is -2.45. The Morgan fingerprint density at radius 2 is 0.841 bits per heavy atom. The van der Waals surface area contributed by atoms with Crippen molar-refractivity contribution in [3.05, 3.63) is 174 Å². The van der Waals surface area contributed by atoms with Gasteiger partial charge in [0.1, 0.15) is 5.82 Å². The molecule has 0 radical (unpaired) electrons. The first kappa shape index (κ1) is 26.2. The smallest absolute Gasteiger partial charge is 0.239 e. The maximum atomic E-state index is 15.8. The molecule has 1 heterocycles. The van der Waals surface area contributed by atoms with Gasteiger partial charge in [-0.15, -0.1) is 0 Å². The summed E-state index contributed by atoms with van der Waals surface area (Å²) in [5.74, 6) is -4.19. The van der Waals surface area contributed by atoms with Crippen LogP contribution in [0.15, 0.2) is 146 Å². The van der Waals surface area contributed by atoms with E-state index in [0.29, 0.717) is 22.3 Å². The Labute approximate surface area is 254 Å². The molecular formula is C39H26FNO3. The van der Waals surface area contributed by atoms with Crippen LogP contribution in [0.4, 0.5) is 10.1 Å². The molecule has 2 bridgehead atoms. The summed E-state index contributed by atoms with van der Waals surface area (Å²) < 4.78 is 15.3. The van der Waals surface area contributed by atoms with Crippen LogP contribution in [-0.2, 0) is 25.2 Å². The predicted molar refractivity (Wildman–Crippen MR) is 167 cm³/mol. The second-order valence-electron chi connectivity index (χ2n) is 11.6. The molecule has 1 aliphatic heterocycles. The molecule has 0 spiro atoms. The van der Waals surface area contributed by atoms with Crippen LogP contribution in [0.1, 0.15) is 22.3 Å². The Morgan fingerprint density at radius 3 is 1.25 bits per heavy atom. The first-order valence-electron chi connectivity index (χ1n) is 14.7. The normalized spacial score (nSPS) is 25.6. The van der Waals surface area contributed by atoms with Crippen LogP contribution >= 0.6 is 0 Å². The fourth-order valence-electron chi connectivity index (χ4n) is 8.20. The number of rotatable bonds is 5. The van der Waals surface area contributed by atoms with Gasteiger partial charge in [-0.05, 0) is 45.5 Å². The zero-order chi connectivity index (χ0) is 30.1. The van der Waals surface area contributed by atoms with Gasteiger partial charge in [-0.25, -0.2) is 9.29 Å². The monoisotopic (exact) mass is 575 g/mol. The maximum absolute atomic E-state index is 15.8. The predicted octanol–water partition coefficient (Wildman–Crippen LogP) is 7.01. The van der Waals surface area contributed by atoms with Crippen molar-refractivity contribution >= 4 is 34.4 Å². The van der Waals surface area contributed by atoms with E-state index in [4.69, 9.17) is 0 Å². The number of anilines is 1. The quantitative estimate of drug-likeness (QED) is 0.212. The highest BCUT2D eigenvalue weighted by atomic mass is 19.1. The number of halogens is 1. The second-order valence-corrected chi connectivity index (χ2v) is 11.6. The largest absolute Gasteiger partial charge is 0.297 e. The standard InChI is InChI=1S/C39H26FNO3/c40-29-23-13-14-24-30(29)41-35(42)33-34(36(41)43)39(28-21-11-4-12-22-28)32(26-17-7-2-8-18-26)31(25-15-5-1-6-16-25)38(33,37(39)44)27-19-9-3-10-20-27/h1-24,33-34H/t33-,34+,38-,39-/m0/s1. The second kappa shape index (κ2) is 9.55. The first-order chi connectivity index (χ1) is 21.5. The van der Waals surface area contributed by atoms with E-state index in [9.17, 15) is 9.59 Å². The number of Topliss-reactive ketones (excluding diaryl/α,β-unsaturated/α-hetero) is 1. The third-order valence-corrected chi connectivity index (χ3v) is 9.67. The van der Waals surface area contributed by atoms with Gasteiger partial charge in [0.15, 0.2) is 5.78 Å². The van der Waals surface area contributed by atoms with E-state index in [1.54, 1.807) is 6.07 Å². The van der Waals surface area contributed by atoms with Crippen LogP contribution in [0.5, 0.6) is 0 Å². The minimum atomic E-state index is -1.51. The molecule has 3 aliphatic rings. The molecule has 1 saturated carbocycles. The van der Waals surface area contributed by atoms with Gasteiger partial charge in [0.25, 0.3) is 0 Å². The molecule has 4 nitrogen and oxygen atoms in total. The molecule has 0 unspecified atom stereocenters. The van der Waals surface area contributed by atoms with Gasteiger partial charge < -0.3 is 0 Å². The molecular weight excluding hydrogens is 549 g/mol. The van der Waals surface area contributed by atoms with E-state index in [1.807, 2.05) is 121 Å². The van der Waals surface area contributed by atoms with Crippen molar-refractivity contribution < 1.29 is 18.8 Å².